The van der Waals surface area contributed by atoms with Gasteiger partial charge in [0.15, 0.2) is 0 Å². The zero-order valence-electron chi connectivity index (χ0n) is 11.6. The minimum Gasteiger partial charge on any atom is -0.478 e. The molecule has 1 fully saturated rings. The van der Waals surface area contributed by atoms with Crippen molar-refractivity contribution in [2.75, 3.05) is 37.6 Å². The smallest absolute Gasteiger partial charge is 0.339 e. The van der Waals surface area contributed by atoms with Gasteiger partial charge in [0.25, 0.3) is 0 Å². The van der Waals surface area contributed by atoms with E-state index in [4.69, 9.17) is 0 Å². The van der Waals surface area contributed by atoms with Gasteiger partial charge < -0.3 is 10.0 Å². The summed E-state index contributed by atoms with van der Waals surface area (Å²) in [4.78, 5) is 19.9. The highest BCUT2D eigenvalue weighted by atomic mass is 16.4. The van der Waals surface area contributed by atoms with Crippen molar-refractivity contribution in [2.45, 2.75) is 20.3 Å². The fraction of sp³-hybridized carbons (Fsp3) is 0.571. The molecule has 1 aromatic rings. The number of rotatable bonds is 4. The van der Waals surface area contributed by atoms with Crippen LogP contribution in [0.15, 0.2) is 12.3 Å². The van der Waals surface area contributed by atoms with Crippen molar-refractivity contribution in [3.8, 4) is 0 Å². The number of carbonyl (C=O) groups is 1. The van der Waals surface area contributed by atoms with Gasteiger partial charge in [0.1, 0.15) is 5.56 Å². The summed E-state index contributed by atoms with van der Waals surface area (Å²) in [6, 6.07) is 1.87. The van der Waals surface area contributed by atoms with Crippen LogP contribution in [-0.2, 0) is 0 Å². The molecular formula is C14H21N3O2. The minimum absolute atomic E-state index is 0.301. The monoisotopic (exact) mass is 263 g/mol. The second-order valence-corrected chi connectivity index (χ2v) is 4.98. The van der Waals surface area contributed by atoms with Crippen LogP contribution in [0.5, 0.6) is 0 Å². The van der Waals surface area contributed by atoms with E-state index >= 15 is 0 Å². The standard InChI is InChI=1S/C14H21N3O2/c1-3-4-16-5-7-17(8-6-16)13-9-11(2)15-10-12(13)14(18)19/h9-10H,3-8H2,1-2H3,(H,18,19). The number of hydrogen-bond donors (Lipinski definition) is 1. The molecule has 1 aliphatic rings. The quantitative estimate of drug-likeness (QED) is 0.894. The summed E-state index contributed by atoms with van der Waals surface area (Å²) in [5, 5.41) is 9.25. The van der Waals surface area contributed by atoms with Crippen molar-refractivity contribution in [1.82, 2.24) is 9.88 Å². The van der Waals surface area contributed by atoms with Gasteiger partial charge in [-0.15, -0.1) is 0 Å². The maximum absolute atomic E-state index is 11.3. The molecule has 0 unspecified atom stereocenters. The van der Waals surface area contributed by atoms with Crippen molar-refractivity contribution in [1.29, 1.82) is 0 Å². The molecule has 2 heterocycles. The van der Waals surface area contributed by atoms with Gasteiger partial charge >= 0.3 is 5.97 Å². The van der Waals surface area contributed by atoms with Crippen LogP contribution in [0.1, 0.15) is 29.4 Å². The Kier molecular flexibility index (Phi) is 4.37. The number of carboxylic acids is 1. The fourth-order valence-corrected chi connectivity index (χ4v) is 2.50. The van der Waals surface area contributed by atoms with E-state index in [0.29, 0.717) is 5.56 Å². The number of aromatic carboxylic acids is 1. The van der Waals surface area contributed by atoms with E-state index in [1.165, 1.54) is 6.20 Å². The Bertz CT molecular complexity index is 454. The van der Waals surface area contributed by atoms with Crippen molar-refractivity contribution >= 4 is 11.7 Å². The maximum atomic E-state index is 11.3. The molecule has 0 amide bonds. The molecule has 1 aromatic heterocycles. The average molecular weight is 263 g/mol. The molecule has 5 heteroatoms. The van der Waals surface area contributed by atoms with Crippen LogP contribution in [0.2, 0.25) is 0 Å². The number of aryl methyl sites for hydroxylation is 1. The predicted molar refractivity (Wildman–Crippen MR) is 74.9 cm³/mol. The van der Waals surface area contributed by atoms with Gasteiger partial charge in [0.2, 0.25) is 0 Å². The van der Waals surface area contributed by atoms with Gasteiger partial charge in [-0.25, -0.2) is 4.79 Å². The first-order chi connectivity index (χ1) is 9.11. The van der Waals surface area contributed by atoms with Gasteiger partial charge in [-0.2, -0.15) is 0 Å². The molecule has 2 rings (SSSR count). The van der Waals surface area contributed by atoms with Crippen molar-refractivity contribution in [3.63, 3.8) is 0 Å². The van der Waals surface area contributed by atoms with Crippen molar-refractivity contribution in [2.24, 2.45) is 0 Å². The van der Waals surface area contributed by atoms with Gasteiger partial charge in [-0.3, -0.25) is 9.88 Å². The lowest BCUT2D eigenvalue weighted by Gasteiger charge is -2.36. The predicted octanol–water partition coefficient (Wildman–Crippen LogP) is 1.62. The van der Waals surface area contributed by atoms with E-state index in [1.54, 1.807) is 0 Å². The Labute approximate surface area is 113 Å². The van der Waals surface area contributed by atoms with Gasteiger partial charge in [-0.05, 0) is 26.0 Å². The lowest BCUT2D eigenvalue weighted by Crippen LogP contribution is -2.47. The Morgan fingerprint density at radius 1 is 1.37 bits per heavy atom. The highest BCUT2D eigenvalue weighted by Crippen LogP contribution is 2.22. The average Bonchev–Trinajstić information content (AvgIpc) is 2.39. The van der Waals surface area contributed by atoms with Crippen LogP contribution < -0.4 is 4.90 Å². The Balaban J connectivity index is 2.14. The number of hydrogen-bond acceptors (Lipinski definition) is 4. The van der Waals surface area contributed by atoms with E-state index in [-0.39, 0.29) is 0 Å². The summed E-state index contributed by atoms with van der Waals surface area (Å²) in [7, 11) is 0. The molecule has 0 bridgehead atoms. The van der Waals surface area contributed by atoms with Gasteiger partial charge in [0, 0.05) is 38.1 Å². The molecule has 0 aromatic carbocycles. The summed E-state index contributed by atoms with van der Waals surface area (Å²) in [5.41, 5.74) is 1.96. The first-order valence-corrected chi connectivity index (χ1v) is 6.79. The third-order valence-corrected chi connectivity index (χ3v) is 3.50. The Hall–Kier alpha value is -1.62. The lowest BCUT2D eigenvalue weighted by atomic mass is 10.1. The summed E-state index contributed by atoms with van der Waals surface area (Å²) in [6.07, 6.45) is 2.63. The summed E-state index contributed by atoms with van der Waals surface area (Å²) in [6.45, 7) is 8.94. The summed E-state index contributed by atoms with van der Waals surface area (Å²) < 4.78 is 0. The first-order valence-electron chi connectivity index (χ1n) is 6.79. The van der Waals surface area contributed by atoms with Crippen molar-refractivity contribution in [3.05, 3.63) is 23.5 Å². The molecular weight excluding hydrogens is 242 g/mol. The fourth-order valence-electron chi connectivity index (χ4n) is 2.50. The van der Waals surface area contributed by atoms with Gasteiger partial charge in [0.05, 0.1) is 5.69 Å². The van der Waals surface area contributed by atoms with E-state index in [9.17, 15) is 9.90 Å². The third-order valence-electron chi connectivity index (χ3n) is 3.50. The highest BCUT2D eigenvalue weighted by molar-refractivity contribution is 5.94. The van der Waals surface area contributed by atoms with Crippen LogP contribution in [-0.4, -0.2) is 53.7 Å². The molecule has 5 nitrogen and oxygen atoms in total. The molecule has 104 valence electrons. The number of nitrogens with zero attached hydrogens (tertiary/aromatic N) is 3. The number of anilines is 1. The van der Waals surface area contributed by atoms with Crippen LogP contribution in [0, 0.1) is 6.92 Å². The number of pyridine rings is 1. The zero-order chi connectivity index (χ0) is 13.8. The third kappa shape index (κ3) is 3.23. The zero-order valence-corrected chi connectivity index (χ0v) is 11.6. The molecule has 0 aliphatic carbocycles. The highest BCUT2D eigenvalue weighted by Gasteiger charge is 2.21. The minimum atomic E-state index is -0.904. The molecule has 0 spiro atoms. The van der Waals surface area contributed by atoms with Crippen molar-refractivity contribution < 1.29 is 9.90 Å². The largest absolute Gasteiger partial charge is 0.478 e. The van der Waals surface area contributed by atoms with E-state index in [0.717, 1.165) is 50.5 Å². The summed E-state index contributed by atoms with van der Waals surface area (Å²) >= 11 is 0. The van der Waals surface area contributed by atoms with E-state index in [2.05, 4.69) is 21.7 Å². The topological polar surface area (TPSA) is 56.7 Å². The van der Waals surface area contributed by atoms with Crippen LogP contribution >= 0.6 is 0 Å². The van der Waals surface area contributed by atoms with Gasteiger partial charge in [-0.1, -0.05) is 6.92 Å². The van der Waals surface area contributed by atoms with E-state index < -0.39 is 5.97 Å². The van der Waals surface area contributed by atoms with Crippen LogP contribution in [0.3, 0.4) is 0 Å². The summed E-state index contributed by atoms with van der Waals surface area (Å²) in [5.74, 6) is -0.904. The second-order valence-electron chi connectivity index (χ2n) is 4.98. The Morgan fingerprint density at radius 2 is 2.05 bits per heavy atom. The Morgan fingerprint density at radius 3 is 2.63 bits per heavy atom. The molecule has 0 radical (unpaired) electrons. The first kappa shape index (κ1) is 13.8. The lowest BCUT2D eigenvalue weighted by molar-refractivity contribution is 0.0697. The van der Waals surface area contributed by atoms with E-state index in [1.807, 2.05) is 13.0 Å². The SMILES string of the molecule is CCCN1CCN(c2cc(C)ncc2C(=O)O)CC1. The maximum Gasteiger partial charge on any atom is 0.339 e. The number of carboxylic acid groups (broad SMARTS) is 1. The second kappa shape index (κ2) is 6.02. The molecule has 0 atom stereocenters. The molecule has 1 saturated heterocycles. The molecule has 0 saturated carbocycles. The van der Waals surface area contributed by atoms with Crippen LogP contribution in [0.25, 0.3) is 0 Å². The number of piperazine rings is 1. The number of aromatic nitrogens is 1. The van der Waals surface area contributed by atoms with Crippen LogP contribution in [0.4, 0.5) is 5.69 Å². The normalized spacial score (nSPS) is 16.6. The molecule has 1 N–H and O–H groups in total. The molecule has 1 aliphatic heterocycles. The molecule has 19 heavy (non-hydrogen) atoms.